The van der Waals surface area contributed by atoms with Gasteiger partial charge in [0.15, 0.2) is 0 Å². The lowest BCUT2D eigenvalue weighted by Gasteiger charge is -2.25. The molecule has 2 aromatic rings. The van der Waals surface area contributed by atoms with Crippen molar-refractivity contribution in [2.45, 2.75) is 25.8 Å². The number of rotatable bonds is 5. The van der Waals surface area contributed by atoms with Gasteiger partial charge in [-0.25, -0.2) is 0 Å². The molecule has 0 bridgehead atoms. The number of anilines is 2. The van der Waals surface area contributed by atoms with Crippen molar-refractivity contribution in [1.82, 2.24) is 4.90 Å². The first-order chi connectivity index (χ1) is 14.4. The summed E-state index contributed by atoms with van der Waals surface area (Å²) in [5.41, 5.74) is 3.00. The van der Waals surface area contributed by atoms with Gasteiger partial charge in [0, 0.05) is 41.5 Å². The fourth-order valence-corrected chi connectivity index (χ4v) is 3.96. The van der Waals surface area contributed by atoms with E-state index >= 15 is 0 Å². The molecule has 3 amide bonds. The number of hydrogen-bond donors (Lipinski definition) is 1. The Bertz CT molecular complexity index is 1030. The highest BCUT2D eigenvalue weighted by Crippen LogP contribution is 2.35. The zero-order valence-electron chi connectivity index (χ0n) is 17.0. The van der Waals surface area contributed by atoms with Crippen molar-refractivity contribution in [2.24, 2.45) is 0 Å². The molecule has 7 heteroatoms. The highest BCUT2D eigenvalue weighted by Gasteiger charge is 2.36. The number of hydrogen-bond acceptors (Lipinski definition) is 4. The van der Waals surface area contributed by atoms with Crippen molar-refractivity contribution in [3.63, 3.8) is 0 Å². The Morgan fingerprint density at radius 1 is 1.17 bits per heavy atom. The van der Waals surface area contributed by atoms with E-state index in [1.807, 2.05) is 12.1 Å². The Balaban J connectivity index is 1.52. The van der Waals surface area contributed by atoms with Gasteiger partial charge >= 0.3 is 0 Å². The van der Waals surface area contributed by atoms with E-state index in [1.54, 1.807) is 42.2 Å². The first kappa shape index (κ1) is 19.7. The maximum absolute atomic E-state index is 12.9. The predicted octanol–water partition coefficient (Wildman–Crippen LogP) is 3.28. The fraction of sp³-hybridized carbons (Fsp3) is 0.261. The summed E-state index contributed by atoms with van der Waals surface area (Å²) in [5, 5.41) is 2.83. The molecule has 1 N–H and O–H groups in total. The van der Waals surface area contributed by atoms with Crippen molar-refractivity contribution in [3.8, 4) is 5.75 Å². The molecule has 7 nitrogen and oxygen atoms in total. The van der Waals surface area contributed by atoms with E-state index in [1.165, 1.54) is 12.0 Å². The number of benzene rings is 2. The van der Waals surface area contributed by atoms with E-state index in [-0.39, 0.29) is 17.7 Å². The minimum atomic E-state index is -0.747. The lowest BCUT2D eigenvalue weighted by molar-refractivity contribution is -0.119. The lowest BCUT2D eigenvalue weighted by atomic mass is 10.1. The molecule has 0 saturated carbocycles. The van der Waals surface area contributed by atoms with Gasteiger partial charge in [0.05, 0.1) is 12.8 Å². The standard InChI is InChI=1S/C23H23N3O4/c1-14-17-7-4-5-8-18(17)23(29)26(14)15(2)22(28)24-16-10-11-19(20(13-16)30-3)25-12-6-9-21(25)27/h4-5,7-8,10-11,13,15H,1,6,9,12H2,2-3H3,(H,24,28)/t15-/m1/s1. The summed E-state index contributed by atoms with van der Waals surface area (Å²) in [6.07, 6.45) is 1.34. The van der Waals surface area contributed by atoms with Crippen molar-refractivity contribution < 1.29 is 19.1 Å². The second-order valence-corrected chi connectivity index (χ2v) is 7.37. The molecule has 2 aromatic carbocycles. The molecular formula is C23H23N3O4. The predicted molar refractivity (Wildman–Crippen MR) is 114 cm³/mol. The monoisotopic (exact) mass is 405 g/mol. The van der Waals surface area contributed by atoms with Crippen LogP contribution in [0.1, 0.15) is 35.7 Å². The topological polar surface area (TPSA) is 79.0 Å². The van der Waals surface area contributed by atoms with Gasteiger partial charge < -0.3 is 15.0 Å². The zero-order chi connectivity index (χ0) is 21.4. The van der Waals surface area contributed by atoms with E-state index < -0.39 is 6.04 Å². The van der Waals surface area contributed by atoms with Crippen LogP contribution < -0.4 is 15.0 Å². The molecule has 1 saturated heterocycles. The van der Waals surface area contributed by atoms with Gasteiger partial charge in [-0.2, -0.15) is 0 Å². The molecule has 2 heterocycles. The van der Waals surface area contributed by atoms with Gasteiger partial charge in [0.2, 0.25) is 11.8 Å². The third-order valence-electron chi connectivity index (χ3n) is 5.56. The largest absolute Gasteiger partial charge is 0.494 e. The molecular weight excluding hydrogens is 382 g/mol. The number of fused-ring (bicyclic) bond motifs is 1. The average molecular weight is 405 g/mol. The molecule has 154 valence electrons. The molecule has 1 atom stereocenters. The van der Waals surface area contributed by atoms with Gasteiger partial charge in [-0.15, -0.1) is 0 Å². The van der Waals surface area contributed by atoms with Crippen LogP contribution >= 0.6 is 0 Å². The number of nitrogens with zero attached hydrogens (tertiary/aromatic N) is 2. The van der Waals surface area contributed by atoms with Gasteiger partial charge in [-0.3, -0.25) is 19.3 Å². The number of methoxy groups -OCH3 is 1. The number of carbonyl (C=O) groups is 3. The summed E-state index contributed by atoms with van der Waals surface area (Å²) in [6.45, 7) is 6.31. The number of nitrogens with one attached hydrogen (secondary N) is 1. The summed E-state index contributed by atoms with van der Waals surface area (Å²) in [4.78, 5) is 40.8. The summed E-state index contributed by atoms with van der Waals surface area (Å²) in [7, 11) is 1.53. The van der Waals surface area contributed by atoms with Crippen LogP contribution in [0.15, 0.2) is 49.0 Å². The third kappa shape index (κ3) is 3.22. The number of carbonyl (C=O) groups excluding carboxylic acids is 3. The minimum Gasteiger partial charge on any atom is -0.494 e. The van der Waals surface area contributed by atoms with Gasteiger partial charge in [0.25, 0.3) is 5.91 Å². The second-order valence-electron chi connectivity index (χ2n) is 7.37. The van der Waals surface area contributed by atoms with Crippen LogP contribution in [-0.2, 0) is 9.59 Å². The Morgan fingerprint density at radius 3 is 2.53 bits per heavy atom. The quantitative estimate of drug-likeness (QED) is 0.828. The Kier molecular flexibility index (Phi) is 5.03. The normalized spacial score (nSPS) is 16.7. The first-order valence-electron chi connectivity index (χ1n) is 9.83. The SMILES string of the molecule is C=C1c2ccccc2C(=O)N1[C@H](C)C(=O)Nc1ccc(N2CCCC2=O)c(OC)c1. The van der Waals surface area contributed by atoms with Crippen LogP contribution in [0.3, 0.4) is 0 Å². The highest BCUT2D eigenvalue weighted by atomic mass is 16.5. The van der Waals surface area contributed by atoms with E-state index in [0.717, 1.165) is 12.0 Å². The van der Waals surface area contributed by atoms with Crippen LogP contribution in [0.2, 0.25) is 0 Å². The number of amides is 3. The van der Waals surface area contributed by atoms with E-state index in [0.29, 0.717) is 41.4 Å². The zero-order valence-corrected chi connectivity index (χ0v) is 17.0. The molecule has 2 aliphatic rings. The second kappa shape index (κ2) is 7.67. The van der Waals surface area contributed by atoms with Crippen LogP contribution in [0.4, 0.5) is 11.4 Å². The van der Waals surface area contributed by atoms with Crippen LogP contribution in [-0.4, -0.2) is 42.3 Å². The van der Waals surface area contributed by atoms with Crippen LogP contribution in [0.25, 0.3) is 5.70 Å². The average Bonchev–Trinajstić information content (AvgIpc) is 3.28. The van der Waals surface area contributed by atoms with Gasteiger partial charge in [-0.1, -0.05) is 24.8 Å². The fourth-order valence-electron chi connectivity index (χ4n) is 3.96. The first-order valence-corrected chi connectivity index (χ1v) is 9.83. The Labute approximate surface area is 174 Å². The van der Waals surface area contributed by atoms with Crippen molar-refractivity contribution in [2.75, 3.05) is 23.9 Å². The van der Waals surface area contributed by atoms with E-state index in [4.69, 9.17) is 4.74 Å². The smallest absolute Gasteiger partial charge is 0.259 e. The summed E-state index contributed by atoms with van der Waals surface area (Å²) < 4.78 is 5.44. The molecule has 0 radical (unpaired) electrons. The van der Waals surface area contributed by atoms with Crippen molar-refractivity contribution in [1.29, 1.82) is 0 Å². The van der Waals surface area contributed by atoms with E-state index in [2.05, 4.69) is 11.9 Å². The summed E-state index contributed by atoms with van der Waals surface area (Å²) >= 11 is 0. The van der Waals surface area contributed by atoms with Crippen LogP contribution in [0.5, 0.6) is 5.75 Å². The lowest BCUT2D eigenvalue weighted by Crippen LogP contribution is -2.41. The summed E-state index contributed by atoms with van der Waals surface area (Å²) in [5.74, 6) is -0.0165. The summed E-state index contributed by atoms with van der Waals surface area (Å²) in [6, 6.07) is 11.6. The molecule has 1 fully saturated rings. The molecule has 0 aromatic heterocycles. The third-order valence-corrected chi connectivity index (χ3v) is 5.56. The van der Waals surface area contributed by atoms with Crippen molar-refractivity contribution >= 4 is 34.8 Å². The molecule has 4 rings (SSSR count). The minimum absolute atomic E-state index is 0.0596. The molecule has 0 spiro atoms. The van der Waals surface area contributed by atoms with Gasteiger partial charge in [0.1, 0.15) is 11.8 Å². The molecule has 2 aliphatic heterocycles. The Morgan fingerprint density at radius 2 is 1.90 bits per heavy atom. The van der Waals surface area contributed by atoms with Crippen molar-refractivity contribution in [3.05, 3.63) is 60.2 Å². The maximum Gasteiger partial charge on any atom is 0.259 e. The maximum atomic E-state index is 12.9. The number of ether oxygens (including phenoxy) is 1. The van der Waals surface area contributed by atoms with Crippen LogP contribution in [0, 0.1) is 0 Å². The molecule has 0 aliphatic carbocycles. The highest BCUT2D eigenvalue weighted by molar-refractivity contribution is 6.12. The Hall–Kier alpha value is -3.61. The van der Waals surface area contributed by atoms with Gasteiger partial charge in [-0.05, 0) is 31.5 Å². The molecule has 30 heavy (non-hydrogen) atoms. The van der Waals surface area contributed by atoms with E-state index in [9.17, 15) is 14.4 Å². The molecule has 0 unspecified atom stereocenters.